The zero-order valence-corrected chi connectivity index (χ0v) is 11.3. The van der Waals surface area contributed by atoms with Crippen molar-refractivity contribution >= 4 is 17.5 Å². The molecule has 2 bridgehead atoms. The van der Waals surface area contributed by atoms with Crippen molar-refractivity contribution < 1.29 is 4.79 Å². The SMILES string of the molecule is O=C(CC1CCSCC1)C1C2C3CCC(C3)C12. The highest BCUT2D eigenvalue weighted by Gasteiger charge is 2.66. The van der Waals surface area contributed by atoms with Crippen LogP contribution in [0.5, 0.6) is 0 Å². The number of Topliss-reactive ketones (excluding diaryl/α,β-unsaturated/α-hetero) is 1. The number of ketones is 1. The first-order valence-electron chi connectivity index (χ1n) is 7.45. The average molecular weight is 250 g/mol. The molecular weight excluding hydrogens is 228 g/mol. The molecule has 0 radical (unpaired) electrons. The minimum Gasteiger partial charge on any atom is -0.299 e. The Labute approximate surface area is 108 Å². The second-order valence-electron chi connectivity index (χ2n) is 6.74. The second kappa shape index (κ2) is 4.01. The summed E-state index contributed by atoms with van der Waals surface area (Å²) in [6.07, 6.45) is 7.87. The topological polar surface area (TPSA) is 17.1 Å². The molecule has 4 fully saturated rings. The van der Waals surface area contributed by atoms with E-state index in [9.17, 15) is 4.79 Å². The lowest BCUT2D eigenvalue weighted by Gasteiger charge is -2.21. The molecule has 4 aliphatic rings. The average Bonchev–Trinajstić information content (AvgIpc) is 2.80. The summed E-state index contributed by atoms with van der Waals surface area (Å²) in [6, 6.07) is 0. The van der Waals surface area contributed by atoms with Gasteiger partial charge in [0.25, 0.3) is 0 Å². The highest BCUT2D eigenvalue weighted by Crippen LogP contribution is 2.69. The maximum Gasteiger partial charge on any atom is 0.136 e. The summed E-state index contributed by atoms with van der Waals surface area (Å²) in [5.41, 5.74) is 0. The maximum atomic E-state index is 12.4. The van der Waals surface area contributed by atoms with Crippen LogP contribution in [0.3, 0.4) is 0 Å². The van der Waals surface area contributed by atoms with Crippen molar-refractivity contribution in [2.75, 3.05) is 11.5 Å². The number of rotatable bonds is 3. The van der Waals surface area contributed by atoms with Crippen molar-refractivity contribution in [2.24, 2.45) is 35.5 Å². The molecule has 3 aliphatic carbocycles. The first-order valence-corrected chi connectivity index (χ1v) is 8.60. The lowest BCUT2D eigenvalue weighted by atomic mass is 9.91. The van der Waals surface area contributed by atoms with Crippen LogP contribution in [0, 0.1) is 35.5 Å². The largest absolute Gasteiger partial charge is 0.299 e. The quantitative estimate of drug-likeness (QED) is 0.764. The van der Waals surface area contributed by atoms with Gasteiger partial charge < -0.3 is 0 Å². The van der Waals surface area contributed by atoms with Crippen LogP contribution < -0.4 is 0 Å². The van der Waals surface area contributed by atoms with Crippen molar-refractivity contribution in [3.8, 4) is 0 Å². The molecule has 0 spiro atoms. The summed E-state index contributed by atoms with van der Waals surface area (Å²) in [7, 11) is 0. The van der Waals surface area contributed by atoms with Gasteiger partial charge in [-0.2, -0.15) is 11.8 Å². The Morgan fingerprint density at radius 1 is 1.00 bits per heavy atom. The number of hydrogen-bond donors (Lipinski definition) is 0. The van der Waals surface area contributed by atoms with Gasteiger partial charge in [0.1, 0.15) is 5.78 Å². The molecule has 0 aromatic rings. The van der Waals surface area contributed by atoms with E-state index in [1.807, 2.05) is 0 Å². The van der Waals surface area contributed by atoms with E-state index in [4.69, 9.17) is 0 Å². The molecule has 1 nitrogen and oxygen atoms in total. The van der Waals surface area contributed by atoms with E-state index < -0.39 is 0 Å². The van der Waals surface area contributed by atoms with E-state index in [1.165, 1.54) is 43.6 Å². The van der Waals surface area contributed by atoms with E-state index in [2.05, 4.69) is 11.8 Å². The molecule has 0 aromatic carbocycles. The number of thioether (sulfide) groups is 1. The Kier molecular flexibility index (Phi) is 2.57. The van der Waals surface area contributed by atoms with E-state index in [1.54, 1.807) is 0 Å². The van der Waals surface area contributed by atoms with E-state index in [0.29, 0.717) is 11.7 Å². The standard InChI is InChI=1S/C15H22OS/c16-12(7-9-3-5-17-6-4-9)15-13-10-1-2-11(8-10)14(13)15/h9-11,13-15H,1-8H2. The van der Waals surface area contributed by atoms with Crippen LogP contribution >= 0.6 is 11.8 Å². The normalized spacial score (nSPS) is 48.1. The fraction of sp³-hybridized carbons (Fsp3) is 0.933. The first kappa shape index (κ1) is 10.9. The molecule has 1 saturated heterocycles. The molecule has 0 aromatic heterocycles. The van der Waals surface area contributed by atoms with Gasteiger partial charge in [-0.15, -0.1) is 0 Å². The fourth-order valence-electron chi connectivity index (χ4n) is 5.13. The molecule has 0 N–H and O–H groups in total. The summed E-state index contributed by atoms with van der Waals surface area (Å²) in [6.45, 7) is 0. The van der Waals surface area contributed by atoms with Gasteiger partial charge in [-0.25, -0.2) is 0 Å². The van der Waals surface area contributed by atoms with Gasteiger partial charge in [0.15, 0.2) is 0 Å². The summed E-state index contributed by atoms with van der Waals surface area (Å²) in [4.78, 5) is 12.4. The van der Waals surface area contributed by atoms with Crippen molar-refractivity contribution in [1.29, 1.82) is 0 Å². The van der Waals surface area contributed by atoms with Crippen LogP contribution in [-0.4, -0.2) is 17.3 Å². The van der Waals surface area contributed by atoms with Crippen LogP contribution in [-0.2, 0) is 4.79 Å². The van der Waals surface area contributed by atoms with Gasteiger partial charge in [0.2, 0.25) is 0 Å². The molecular formula is C15H22OS. The molecule has 94 valence electrons. The monoisotopic (exact) mass is 250 g/mol. The Morgan fingerprint density at radius 3 is 2.29 bits per heavy atom. The van der Waals surface area contributed by atoms with Gasteiger partial charge in [-0.05, 0) is 73.2 Å². The molecule has 2 heteroatoms. The Balaban J connectivity index is 1.36. The third kappa shape index (κ3) is 1.70. The molecule has 1 heterocycles. The third-order valence-electron chi connectivity index (χ3n) is 5.94. The molecule has 4 rings (SSSR count). The predicted molar refractivity (Wildman–Crippen MR) is 71.0 cm³/mol. The van der Waals surface area contributed by atoms with Crippen LogP contribution in [0.4, 0.5) is 0 Å². The minimum atomic E-state index is 0.538. The Bertz CT molecular complexity index is 318. The lowest BCUT2D eigenvalue weighted by molar-refractivity contribution is -0.122. The van der Waals surface area contributed by atoms with Crippen LogP contribution in [0.15, 0.2) is 0 Å². The fourth-order valence-corrected chi connectivity index (χ4v) is 6.33. The smallest absolute Gasteiger partial charge is 0.136 e. The van der Waals surface area contributed by atoms with Crippen LogP contribution in [0.25, 0.3) is 0 Å². The summed E-state index contributed by atoms with van der Waals surface area (Å²) in [5, 5.41) is 0. The van der Waals surface area contributed by atoms with Gasteiger partial charge in [0.05, 0.1) is 0 Å². The third-order valence-corrected chi connectivity index (χ3v) is 6.99. The molecule has 0 amide bonds. The first-order chi connectivity index (χ1) is 8.34. The Morgan fingerprint density at radius 2 is 1.65 bits per heavy atom. The van der Waals surface area contributed by atoms with E-state index in [0.717, 1.165) is 36.0 Å². The van der Waals surface area contributed by atoms with Crippen molar-refractivity contribution in [3.05, 3.63) is 0 Å². The second-order valence-corrected chi connectivity index (χ2v) is 7.96. The van der Waals surface area contributed by atoms with Gasteiger partial charge in [-0.1, -0.05) is 0 Å². The zero-order valence-electron chi connectivity index (χ0n) is 10.4. The molecule has 3 saturated carbocycles. The Hall–Kier alpha value is 0.0200. The van der Waals surface area contributed by atoms with Crippen LogP contribution in [0.1, 0.15) is 38.5 Å². The van der Waals surface area contributed by atoms with Crippen molar-refractivity contribution in [1.82, 2.24) is 0 Å². The van der Waals surface area contributed by atoms with Gasteiger partial charge in [-0.3, -0.25) is 4.79 Å². The van der Waals surface area contributed by atoms with E-state index in [-0.39, 0.29) is 0 Å². The molecule has 17 heavy (non-hydrogen) atoms. The molecule has 4 unspecified atom stereocenters. The zero-order chi connectivity index (χ0) is 11.4. The summed E-state index contributed by atoms with van der Waals surface area (Å²) < 4.78 is 0. The predicted octanol–water partition coefficient (Wildman–Crippen LogP) is 3.38. The summed E-state index contributed by atoms with van der Waals surface area (Å²) in [5.74, 6) is 8.16. The maximum absolute atomic E-state index is 12.4. The van der Waals surface area contributed by atoms with Crippen molar-refractivity contribution in [2.45, 2.75) is 38.5 Å². The lowest BCUT2D eigenvalue weighted by Crippen LogP contribution is -2.17. The summed E-state index contributed by atoms with van der Waals surface area (Å²) >= 11 is 2.07. The van der Waals surface area contributed by atoms with Gasteiger partial charge >= 0.3 is 0 Å². The number of carbonyl (C=O) groups is 1. The molecule has 1 aliphatic heterocycles. The van der Waals surface area contributed by atoms with Crippen molar-refractivity contribution in [3.63, 3.8) is 0 Å². The number of fused-ring (bicyclic) bond motifs is 5. The molecule has 4 atom stereocenters. The minimum absolute atomic E-state index is 0.538. The highest BCUT2D eigenvalue weighted by atomic mass is 32.2. The van der Waals surface area contributed by atoms with Crippen LogP contribution in [0.2, 0.25) is 0 Å². The number of hydrogen-bond acceptors (Lipinski definition) is 2. The number of carbonyl (C=O) groups excluding carboxylic acids is 1. The van der Waals surface area contributed by atoms with Gasteiger partial charge in [0, 0.05) is 12.3 Å². The van der Waals surface area contributed by atoms with E-state index >= 15 is 0 Å². The highest BCUT2D eigenvalue weighted by molar-refractivity contribution is 7.99.